The Bertz CT molecular complexity index is 350. The van der Waals surface area contributed by atoms with Crippen LogP contribution in [0.2, 0.25) is 0 Å². The SMILES string of the molecule is Cl.Cl.OC[C@H]1OC(Cc2ccccc2)C[C@@H](O)[C@@H]1O. The molecular weight excluding hydrogens is 291 g/mol. The highest BCUT2D eigenvalue weighted by Gasteiger charge is 2.36. The molecule has 6 heteroatoms. The lowest BCUT2D eigenvalue weighted by Crippen LogP contribution is -2.50. The number of halogens is 2. The Hall–Kier alpha value is -0.360. The lowest BCUT2D eigenvalue weighted by Gasteiger charge is -2.36. The summed E-state index contributed by atoms with van der Waals surface area (Å²) in [6.07, 6.45) is -1.59. The quantitative estimate of drug-likeness (QED) is 0.777. The van der Waals surface area contributed by atoms with E-state index >= 15 is 0 Å². The fraction of sp³-hybridized carbons (Fsp3) is 0.538. The fourth-order valence-corrected chi connectivity index (χ4v) is 2.20. The second kappa shape index (κ2) is 8.74. The molecule has 0 saturated carbocycles. The largest absolute Gasteiger partial charge is 0.394 e. The first-order valence-corrected chi connectivity index (χ1v) is 5.87. The molecule has 19 heavy (non-hydrogen) atoms. The molecule has 1 aromatic carbocycles. The lowest BCUT2D eigenvalue weighted by molar-refractivity contribution is -0.178. The van der Waals surface area contributed by atoms with Crippen molar-refractivity contribution in [3.05, 3.63) is 35.9 Å². The van der Waals surface area contributed by atoms with Gasteiger partial charge in [0.1, 0.15) is 12.2 Å². The second-order valence-electron chi connectivity index (χ2n) is 4.46. The Labute approximate surface area is 125 Å². The Balaban J connectivity index is 0.00000162. The first kappa shape index (κ1) is 18.6. The van der Waals surface area contributed by atoms with Crippen molar-refractivity contribution in [1.29, 1.82) is 0 Å². The molecule has 0 amide bonds. The molecule has 0 bridgehead atoms. The van der Waals surface area contributed by atoms with Gasteiger partial charge in [-0.3, -0.25) is 0 Å². The zero-order valence-electron chi connectivity index (χ0n) is 10.4. The summed E-state index contributed by atoms with van der Waals surface area (Å²) in [4.78, 5) is 0. The fourth-order valence-electron chi connectivity index (χ4n) is 2.20. The van der Waals surface area contributed by atoms with Crippen molar-refractivity contribution in [2.24, 2.45) is 0 Å². The molecule has 0 spiro atoms. The van der Waals surface area contributed by atoms with Crippen molar-refractivity contribution < 1.29 is 20.1 Å². The number of hydrogen-bond donors (Lipinski definition) is 3. The molecule has 0 radical (unpaired) electrons. The van der Waals surface area contributed by atoms with Gasteiger partial charge in [-0.2, -0.15) is 0 Å². The predicted octanol–water partition coefficient (Wildman–Crippen LogP) is 0.944. The van der Waals surface area contributed by atoms with Crippen molar-refractivity contribution in [2.45, 2.75) is 37.3 Å². The smallest absolute Gasteiger partial charge is 0.109 e. The van der Waals surface area contributed by atoms with Gasteiger partial charge in [-0.15, -0.1) is 24.8 Å². The summed E-state index contributed by atoms with van der Waals surface area (Å²) in [6.45, 7) is -0.274. The summed E-state index contributed by atoms with van der Waals surface area (Å²) in [5, 5.41) is 28.3. The standard InChI is InChI=1S/C13H18O4.2ClH/c14-8-12-13(16)11(15)7-10(17-12)6-9-4-2-1-3-5-9;;/h1-5,10-16H,6-8H2;2*1H/t10?,11-,12-,13+;;/m1../s1. The van der Waals surface area contributed by atoms with Gasteiger partial charge in [0.05, 0.1) is 18.8 Å². The number of rotatable bonds is 3. The van der Waals surface area contributed by atoms with Crippen molar-refractivity contribution in [3.8, 4) is 0 Å². The zero-order valence-corrected chi connectivity index (χ0v) is 12.0. The number of benzene rings is 1. The van der Waals surface area contributed by atoms with Gasteiger partial charge in [-0.05, 0) is 12.0 Å². The summed E-state index contributed by atoms with van der Waals surface area (Å²) >= 11 is 0. The van der Waals surface area contributed by atoms with Gasteiger partial charge in [0.25, 0.3) is 0 Å². The highest BCUT2D eigenvalue weighted by atomic mass is 35.5. The van der Waals surface area contributed by atoms with Crippen LogP contribution in [0.3, 0.4) is 0 Å². The molecule has 1 aliphatic heterocycles. The number of ether oxygens (including phenoxy) is 1. The molecule has 110 valence electrons. The molecule has 1 aromatic rings. The normalized spacial score (nSPS) is 30.1. The number of aliphatic hydroxyl groups is 3. The molecule has 1 aliphatic rings. The van der Waals surface area contributed by atoms with Crippen molar-refractivity contribution in [3.63, 3.8) is 0 Å². The average molecular weight is 311 g/mol. The monoisotopic (exact) mass is 310 g/mol. The van der Waals surface area contributed by atoms with E-state index in [0.717, 1.165) is 5.56 Å². The van der Waals surface area contributed by atoms with Crippen LogP contribution in [0.15, 0.2) is 30.3 Å². The summed E-state index contributed by atoms with van der Waals surface area (Å²) < 4.78 is 5.56. The minimum Gasteiger partial charge on any atom is -0.394 e. The summed E-state index contributed by atoms with van der Waals surface area (Å²) in [6, 6.07) is 9.84. The topological polar surface area (TPSA) is 69.9 Å². The van der Waals surface area contributed by atoms with E-state index in [1.165, 1.54) is 0 Å². The van der Waals surface area contributed by atoms with Crippen LogP contribution in [0.1, 0.15) is 12.0 Å². The molecule has 3 N–H and O–H groups in total. The van der Waals surface area contributed by atoms with Crippen LogP contribution in [-0.4, -0.2) is 46.3 Å². The molecule has 0 aromatic heterocycles. The van der Waals surface area contributed by atoms with Gasteiger partial charge in [0.2, 0.25) is 0 Å². The molecule has 1 fully saturated rings. The van der Waals surface area contributed by atoms with Gasteiger partial charge in [-0.1, -0.05) is 30.3 Å². The number of hydrogen-bond acceptors (Lipinski definition) is 4. The Morgan fingerprint density at radius 1 is 1.11 bits per heavy atom. The minimum absolute atomic E-state index is 0. The summed E-state index contributed by atoms with van der Waals surface area (Å²) in [5.74, 6) is 0. The maximum absolute atomic E-state index is 9.69. The van der Waals surface area contributed by atoms with Crippen molar-refractivity contribution in [1.82, 2.24) is 0 Å². The van der Waals surface area contributed by atoms with Gasteiger partial charge >= 0.3 is 0 Å². The Morgan fingerprint density at radius 3 is 2.32 bits per heavy atom. The van der Waals surface area contributed by atoms with E-state index in [1.54, 1.807) is 0 Å². The Morgan fingerprint density at radius 2 is 1.74 bits per heavy atom. The van der Waals surface area contributed by atoms with E-state index in [9.17, 15) is 10.2 Å². The van der Waals surface area contributed by atoms with Crippen molar-refractivity contribution >= 4 is 24.8 Å². The zero-order chi connectivity index (χ0) is 12.3. The van der Waals surface area contributed by atoms with Gasteiger partial charge in [0.15, 0.2) is 0 Å². The minimum atomic E-state index is -0.993. The van der Waals surface area contributed by atoms with Crippen LogP contribution < -0.4 is 0 Å². The molecule has 4 nitrogen and oxygen atoms in total. The van der Waals surface area contributed by atoms with Crippen LogP contribution in [0.25, 0.3) is 0 Å². The molecule has 1 heterocycles. The van der Waals surface area contributed by atoms with Gasteiger partial charge in [0, 0.05) is 6.42 Å². The van der Waals surface area contributed by atoms with Crippen LogP contribution >= 0.6 is 24.8 Å². The molecule has 1 unspecified atom stereocenters. The molecule has 1 saturated heterocycles. The van der Waals surface area contributed by atoms with Crippen LogP contribution in [0.5, 0.6) is 0 Å². The van der Waals surface area contributed by atoms with Crippen LogP contribution in [0, 0.1) is 0 Å². The van der Waals surface area contributed by atoms with E-state index < -0.39 is 18.3 Å². The highest BCUT2D eigenvalue weighted by Crippen LogP contribution is 2.22. The van der Waals surface area contributed by atoms with E-state index in [-0.39, 0.29) is 37.5 Å². The third-order valence-electron chi connectivity index (χ3n) is 3.13. The van der Waals surface area contributed by atoms with Crippen molar-refractivity contribution in [2.75, 3.05) is 6.61 Å². The number of aliphatic hydroxyl groups excluding tert-OH is 3. The summed E-state index contributed by atoms with van der Waals surface area (Å²) in [7, 11) is 0. The molecule has 4 atom stereocenters. The molecule has 2 rings (SSSR count). The Kier molecular flexibility index (Phi) is 8.57. The summed E-state index contributed by atoms with van der Waals surface area (Å²) in [5.41, 5.74) is 1.12. The third kappa shape index (κ3) is 4.91. The molecular formula is C13H20Cl2O4. The second-order valence-corrected chi connectivity index (χ2v) is 4.46. The average Bonchev–Trinajstić information content (AvgIpc) is 2.35. The third-order valence-corrected chi connectivity index (χ3v) is 3.13. The lowest BCUT2D eigenvalue weighted by atomic mass is 9.94. The molecule has 0 aliphatic carbocycles. The van der Waals surface area contributed by atoms with E-state index in [2.05, 4.69) is 0 Å². The maximum atomic E-state index is 9.69. The van der Waals surface area contributed by atoms with E-state index in [1.807, 2.05) is 30.3 Å². The predicted molar refractivity (Wildman–Crippen MR) is 77.0 cm³/mol. The van der Waals surface area contributed by atoms with E-state index in [0.29, 0.717) is 12.8 Å². The van der Waals surface area contributed by atoms with Gasteiger partial charge < -0.3 is 20.1 Å². The first-order chi connectivity index (χ1) is 8.20. The van der Waals surface area contributed by atoms with Crippen LogP contribution in [0.4, 0.5) is 0 Å². The maximum Gasteiger partial charge on any atom is 0.109 e. The van der Waals surface area contributed by atoms with Gasteiger partial charge in [-0.25, -0.2) is 0 Å². The van der Waals surface area contributed by atoms with E-state index in [4.69, 9.17) is 9.84 Å². The first-order valence-electron chi connectivity index (χ1n) is 5.87. The highest BCUT2D eigenvalue weighted by molar-refractivity contribution is 5.85. The van der Waals surface area contributed by atoms with Crippen LogP contribution in [-0.2, 0) is 11.2 Å².